The van der Waals surface area contributed by atoms with E-state index in [1.54, 1.807) is 18.2 Å². The number of anilines is 1. The molecule has 2 N–H and O–H groups in total. The number of aliphatic hydroxyl groups excluding tert-OH is 1. The summed E-state index contributed by atoms with van der Waals surface area (Å²) in [6.45, 7) is 7.72. The Morgan fingerprint density at radius 3 is 2.53 bits per heavy atom. The van der Waals surface area contributed by atoms with E-state index in [2.05, 4.69) is 24.7 Å². The number of aryl methyl sites for hydroxylation is 2. The van der Waals surface area contributed by atoms with Crippen molar-refractivity contribution in [1.82, 2.24) is 24.8 Å². The molecule has 12 nitrogen and oxygen atoms in total. The van der Waals surface area contributed by atoms with Crippen LogP contribution in [0.5, 0.6) is 5.88 Å². The maximum Gasteiger partial charge on any atom is 0.264 e. The second-order valence-corrected chi connectivity index (χ2v) is 13.3. The highest BCUT2D eigenvalue weighted by atomic mass is 32.2. The SMILES string of the molecule is Cc1cccc(C)c1-c1cc2nc(n1)NS(=O)(=O)c1cccc(c1)C(=O)N(Cc1cnc3oc(C(C)(C)CO)cc3n1)CCO2. The molecule has 1 amide bonds. The van der Waals surface area contributed by atoms with Gasteiger partial charge in [0, 0.05) is 28.7 Å². The lowest BCUT2D eigenvalue weighted by atomic mass is 9.92. The first-order valence-corrected chi connectivity index (χ1v) is 15.8. The van der Waals surface area contributed by atoms with E-state index in [0.717, 1.165) is 16.7 Å². The average Bonchev–Trinajstić information content (AvgIpc) is 3.44. The molecule has 0 atom stereocenters. The van der Waals surface area contributed by atoms with E-state index >= 15 is 0 Å². The van der Waals surface area contributed by atoms with E-state index in [-0.39, 0.29) is 48.6 Å². The summed E-state index contributed by atoms with van der Waals surface area (Å²) in [7, 11) is -4.17. The summed E-state index contributed by atoms with van der Waals surface area (Å²) in [5.41, 5.74) is 4.10. The molecule has 6 rings (SSSR count). The predicted octanol–water partition coefficient (Wildman–Crippen LogP) is 4.40. The lowest BCUT2D eigenvalue weighted by Gasteiger charge is -2.22. The number of fused-ring (bicyclic) bond motifs is 5. The number of furan rings is 1. The minimum absolute atomic E-state index is 0.0526. The van der Waals surface area contributed by atoms with Gasteiger partial charge in [-0.05, 0) is 43.2 Å². The van der Waals surface area contributed by atoms with Gasteiger partial charge in [0.25, 0.3) is 15.9 Å². The number of aromatic nitrogens is 4. The van der Waals surface area contributed by atoms with Gasteiger partial charge in [0.1, 0.15) is 17.9 Å². The molecule has 0 saturated heterocycles. The summed E-state index contributed by atoms with van der Waals surface area (Å²) >= 11 is 0. The molecular formula is C32H32N6O6S. The van der Waals surface area contributed by atoms with E-state index in [1.165, 1.54) is 29.3 Å². The first-order chi connectivity index (χ1) is 21.4. The molecule has 0 aliphatic carbocycles. The fraction of sp³-hybridized carbons (Fsp3) is 0.281. The number of amides is 1. The van der Waals surface area contributed by atoms with Crippen molar-refractivity contribution in [3.05, 3.63) is 88.9 Å². The van der Waals surface area contributed by atoms with Crippen molar-refractivity contribution in [3.63, 3.8) is 0 Å². The monoisotopic (exact) mass is 628 g/mol. The van der Waals surface area contributed by atoms with Gasteiger partial charge >= 0.3 is 0 Å². The van der Waals surface area contributed by atoms with Gasteiger partial charge in [-0.1, -0.05) is 38.1 Å². The lowest BCUT2D eigenvalue weighted by molar-refractivity contribution is 0.0712. The molecule has 1 aliphatic heterocycles. The van der Waals surface area contributed by atoms with Crippen molar-refractivity contribution in [1.29, 1.82) is 0 Å². The summed E-state index contributed by atoms with van der Waals surface area (Å²) in [4.78, 5) is 33.1. The third-order valence-corrected chi connectivity index (χ3v) is 8.98. The number of aliphatic hydroxyl groups is 1. The molecule has 2 aromatic carbocycles. The van der Waals surface area contributed by atoms with Crippen LogP contribution in [0.4, 0.5) is 5.95 Å². The fourth-order valence-electron chi connectivity index (χ4n) is 5.11. The third kappa shape index (κ3) is 6.08. The first-order valence-electron chi connectivity index (χ1n) is 14.3. The quantitative estimate of drug-likeness (QED) is 0.285. The number of hydrogen-bond donors (Lipinski definition) is 2. The number of nitrogens with one attached hydrogen (secondary N) is 1. The van der Waals surface area contributed by atoms with E-state index in [9.17, 15) is 18.3 Å². The molecular weight excluding hydrogens is 596 g/mol. The smallest absolute Gasteiger partial charge is 0.264 e. The molecule has 232 valence electrons. The number of hydrogen-bond acceptors (Lipinski definition) is 10. The molecule has 45 heavy (non-hydrogen) atoms. The van der Waals surface area contributed by atoms with Crippen LogP contribution in [0, 0.1) is 13.8 Å². The summed E-state index contributed by atoms with van der Waals surface area (Å²) in [6, 6.07) is 15.0. The molecule has 4 bridgehead atoms. The third-order valence-electron chi connectivity index (χ3n) is 7.66. The maximum atomic E-state index is 13.8. The number of carbonyl (C=O) groups is 1. The number of ether oxygens (including phenoxy) is 1. The Labute approximate surface area is 260 Å². The Morgan fingerprint density at radius 2 is 1.78 bits per heavy atom. The van der Waals surface area contributed by atoms with Crippen LogP contribution in [0.15, 0.2) is 70.1 Å². The molecule has 0 unspecified atom stereocenters. The minimum atomic E-state index is -4.17. The van der Waals surface area contributed by atoms with Crippen molar-refractivity contribution < 1.29 is 27.5 Å². The number of nitrogens with zero attached hydrogens (tertiary/aromatic N) is 5. The standard InChI is InChI=1S/C32H32N6O6S/c1-19-7-5-8-20(2)28(19)24-15-27-36-31(35-24)37-45(41,42)23-10-6-9-21(13-23)30(40)38(11-12-43-27)17-22-16-33-29-25(34-22)14-26(44-29)32(3,4)18-39/h5-10,13-16,39H,11-12,17-18H2,1-4H3,(H,35,36,37). The highest BCUT2D eigenvalue weighted by Crippen LogP contribution is 2.30. The zero-order chi connectivity index (χ0) is 31.9. The van der Waals surface area contributed by atoms with Gasteiger partial charge in [-0.3, -0.25) is 4.79 Å². The van der Waals surface area contributed by atoms with Gasteiger partial charge < -0.3 is 19.2 Å². The molecule has 1 aliphatic rings. The zero-order valence-electron chi connectivity index (χ0n) is 25.2. The molecule has 0 saturated carbocycles. The highest BCUT2D eigenvalue weighted by Gasteiger charge is 2.26. The van der Waals surface area contributed by atoms with Crippen LogP contribution in [0.25, 0.3) is 22.5 Å². The maximum absolute atomic E-state index is 13.8. The van der Waals surface area contributed by atoms with Crippen molar-refractivity contribution >= 4 is 33.1 Å². The van der Waals surface area contributed by atoms with Crippen LogP contribution in [-0.4, -0.2) is 64.0 Å². The van der Waals surface area contributed by atoms with Gasteiger partial charge in [0.15, 0.2) is 0 Å². The predicted molar refractivity (Wildman–Crippen MR) is 166 cm³/mol. The Balaban J connectivity index is 1.38. The molecule has 0 fully saturated rings. The average molecular weight is 629 g/mol. The summed E-state index contributed by atoms with van der Waals surface area (Å²) < 4.78 is 41.2. The molecule has 3 aromatic heterocycles. The summed E-state index contributed by atoms with van der Waals surface area (Å²) in [6.07, 6.45) is 1.52. The van der Waals surface area contributed by atoms with E-state index in [4.69, 9.17) is 9.15 Å². The minimum Gasteiger partial charge on any atom is -0.476 e. The molecule has 0 radical (unpaired) electrons. The Kier molecular flexibility index (Phi) is 7.75. The largest absolute Gasteiger partial charge is 0.476 e. The first kappa shape index (κ1) is 30.2. The van der Waals surface area contributed by atoms with Gasteiger partial charge in [-0.25, -0.2) is 28.1 Å². The zero-order valence-corrected chi connectivity index (χ0v) is 26.1. The van der Waals surface area contributed by atoms with Crippen LogP contribution >= 0.6 is 0 Å². The summed E-state index contributed by atoms with van der Waals surface area (Å²) in [5, 5.41) is 9.74. The van der Waals surface area contributed by atoms with Crippen molar-refractivity contribution in [2.75, 3.05) is 24.5 Å². The number of benzene rings is 2. The highest BCUT2D eigenvalue weighted by molar-refractivity contribution is 7.92. The molecule has 5 aromatic rings. The second-order valence-electron chi connectivity index (χ2n) is 11.6. The number of rotatable bonds is 5. The van der Waals surface area contributed by atoms with Crippen molar-refractivity contribution in [3.8, 4) is 17.1 Å². The van der Waals surface area contributed by atoms with Gasteiger partial charge in [-0.15, -0.1) is 0 Å². The number of carbonyl (C=O) groups excluding carboxylic acids is 1. The van der Waals surface area contributed by atoms with Crippen LogP contribution in [0.1, 0.15) is 46.8 Å². The Bertz CT molecular complexity index is 2020. The van der Waals surface area contributed by atoms with Gasteiger partial charge in [-0.2, -0.15) is 4.98 Å². The fourth-order valence-corrected chi connectivity index (χ4v) is 6.10. The van der Waals surface area contributed by atoms with Crippen molar-refractivity contribution in [2.45, 2.75) is 44.6 Å². The van der Waals surface area contributed by atoms with E-state index in [0.29, 0.717) is 28.4 Å². The topological polar surface area (TPSA) is 161 Å². The lowest BCUT2D eigenvalue weighted by Crippen LogP contribution is -2.34. The van der Waals surface area contributed by atoms with E-state index in [1.807, 2.05) is 45.9 Å². The molecule has 4 heterocycles. The molecule has 13 heteroatoms. The van der Waals surface area contributed by atoms with Crippen LogP contribution in [0.2, 0.25) is 0 Å². The normalized spacial score (nSPS) is 15.0. The van der Waals surface area contributed by atoms with Gasteiger partial charge in [0.2, 0.25) is 17.5 Å². The Hall–Kier alpha value is -4.88. The van der Waals surface area contributed by atoms with Crippen LogP contribution in [-0.2, 0) is 22.0 Å². The van der Waals surface area contributed by atoms with Crippen molar-refractivity contribution in [2.24, 2.45) is 0 Å². The number of sulfonamides is 1. The van der Waals surface area contributed by atoms with Crippen LogP contribution in [0.3, 0.4) is 0 Å². The van der Waals surface area contributed by atoms with E-state index < -0.39 is 21.3 Å². The van der Waals surface area contributed by atoms with Gasteiger partial charge in [0.05, 0.1) is 42.2 Å². The molecule has 0 spiro atoms. The van der Waals surface area contributed by atoms with Crippen LogP contribution < -0.4 is 9.46 Å². The summed E-state index contributed by atoms with van der Waals surface area (Å²) in [5.74, 6) is 0.128. The second kappa shape index (κ2) is 11.6. The Morgan fingerprint density at radius 1 is 1.02 bits per heavy atom.